The zero-order chi connectivity index (χ0) is 23.5. The van der Waals surface area contributed by atoms with Gasteiger partial charge in [-0.05, 0) is 42.0 Å². The Bertz CT molecular complexity index is 1590. The molecule has 0 aliphatic carbocycles. The van der Waals surface area contributed by atoms with Gasteiger partial charge in [0.2, 0.25) is 0 Å². The Hall–Kier alpha value is -5.09. The van der Waals surface area contributed by atoms with Crippen molar-refractivity contribution in [2.75, 3.05) is 10.6 Å². The number of amides is 2. The molecule has 0 atom stereocenters. The Morgan fingerprint density at radius 2 is 1.50 bits per heavy atom. The average molecular weight is 445 g/mol. The number of anilines is 2. The Morgan fingerprint density at radius 1 is 0.824 bits per heavy atom. The number of fused-ring (bicyclic) bond motifs is 1. The van der Waals surface area contributed by atoms with Crippen molar-refractivity contribution in [3.05, 3.63) is 107 Å². The second-order valence-electron chi connectivity index (χ2n) is 7.68. The molecule has 3 aromatic carbocycles. The highest BCUT2D eigenvalue weighted by Crippen LogP contribution is 2.32. The molecule has 164 valence electrons. The summed E-state index contributed by atoms with van der Waals surface area (Å²) < 4.78 is 0. The van der Waals surface area contributed by atoms with E-state index in [0.29, 0.717) is 22.6 Å². The molecule has 5 aromatic rings. The fraction of sp³-hybridized carbons (Fsp3) is 0. The number of pyridine rings is 1. The molecule has 4 N–H and O–H groups in total. The lowest BCUT2D eigenvalue weighted by Gasteiger charge is -2.10. The molecule has 7 nitrogen and oxygen atoms in total. The summed E-state index contributed by atoms with van der Waals surface area (Å²) in [5, 5.41) is 16.1. The fourth-order valence-corrected chi connectivity index (χ4v) is 3.88. The summed E-state index contributed by atoms with van der Waals surface area (Å²) in [6.45, 7) is 0. The summed E-state index contributed by atoms with van der Waals surface area (Å²) in [6.07, 6.45) is 1.81. The van der Waals surface area contributed by atoms with E-state index in [1.807, 2.05) is 54.7 Å². The number of hydrogen-bond donors (Lipinski definition) is 4. The number of urea groups is 1. The molecule has 7 heteroatoms. The minimum Gasteiger partial charge on any atom is -0.361 e. The van der Waals surface area contributed by atoms with Crippen LogP contribution in [0.25, 0.3) is 33.3 Å². The highest BCUT2D eigenvalue weighted by molar-refractivity contribution is 6.00. The molecule has 0 bridgehead atoms. The molecule has 5 rings (SSSR count). The molecule has 34 heavy (non-hydrogen) atoms. The van der Waals surface area contributed by atoms with E-state index in [2.05, 4.69) is 20.6 Å². The van der Waals surface area contributed by atoms with Gasteiger partial charge in [-0.1, -0.05) is 48.5 Å². The molecule has 0 saturated heterocycles. The molecule has 2 aromatic heterocycles. The van der Waals surface area contributed by atoms with Gasteiger partial charge in [-0.15, -0.1) is 0 Å². The largest absolute Gasteiger partial charge is 0.361 e. The Morgan fingerprint density at radius 3 is 2.24 bits per heavy atom. The molecule has 2 amide bonds. The molecule has 0 aliphatic heterocycles. The number of rotatable bonds is 4. The summed E-state index contributed by atoms with van der Waals surface area (Å²) in [5.74, 6) is 0. The van der Waals surface area contributed by atoms with Gasteiger partial charge in [-0.2, -0.15) is 5.26 Å². The van der Waals surface area contributed by atoms with E-state index in [0.717, 1.165) is 22.0 Å². The van der Waals surface area contributed by atoms with Crippen LogP contribution in [0.2, 0.25) is 0 Å². The topological polar surface area (TPSA) is 114 Å². The molecule has 2 heterocycles. The third kappa shape index (κ3) is 4.04. The predicted molar refractivity (Wildman–Crippen MR) is 134 cm³/mol. The summed E-state index contributed by atoms with van der Waals surface area (Å²) in [5.41, 5.74) is 4.49. The van der Waals surface area contributed by atoms with Crippen LogP contribution in [0.4, 0.5) is 16.2 Å². The van der Waals surface area contributed by atoms with Crippen LogP contribution in [0.3, 0.4) is 0 Å². The van der Waals surface area contributed by atoms with E-state index in [1.54, 1.807) is 42.5 Å². The number of hydrogen-bond acceptors (Lipinski definition) is 3. The van der Waals surface area contributed by atoms with Crippen LogP contribution >= 0.6 is 0 Å². The van der Waals surface area contributed by atoms with Gasteiger partial charge in [0.1, 0.15) is 11.6 Å². The quantitative estimate of drug-likeness (QED) is 0.284. The number of nitriles is 1. The van der Waals surface area contributed by atoms with E-state index in [9.17, 15) is 14.9 Å². The summed E-state index contributed by atoms with van der Waals surface area (Å²) in [6, 6.07) is 27.5. The normalized spacial score (nSPS) is 10.6. The lowest BCUT2D eigenvalue weighted by Crippen LogP contribution is -2.19. The van der Waals surface area contributed by atoms with Gasteiger partial charge in [0, 0.05) is 45.3 Å². The number of nitrogens with one attached hydrogen (secondary N) is 4. The predicted octanol–water partition coefficient (Wildman–Crippen LogP) is 5.71. The Kier molecular flexibility index (Phi) is 5.38. The second kappa shape index (κ2) is 8.81. The molecule has 0 saturated carbocycles. The first kappa shape index (κ1) is 20.8. The molecule has 0 radical (unpaired) electrons. The highest BCUT2D eigenvalue weighted by atomic mass is 16.2. The molecular weight excluding hydrogens is 426 g/mol. The number of H-pyrrole nitrogens is 2. The SMILES string of the molecule is N#Cc1c(-c2c[nH]c3ccccc23)cc(-c2ccc(NC(=O)Nc3ccccc3)cc2)[nH]c1=O. The maximum absolute atomic E-state index is 12.7. The first-order valence-electron chi connectivity index (χ1n) is 10.6. The number of nitrogens with zero attached hydrogens (tertiary/aromatic N) is 1. The number of para-hydroxylation sites is 2. The lowest BCUT2D eigenvalue weighted by molar-refractivity contribution is 0.262. The van der Waals surface area contributed by atoms with Crippen molar-refractivity contribution in [3.8, 4) is 28.5 Å². The molecule has 0 fully saturated rings. The standard InChI is InChI=1S/C27H19N5O2/c28-15-22-21(23-16-29-24-9-5-4-8-20(23)24)14-25(32-26(22)33)17-10-12-19(13-11-17)31-27(34)30-18-6-2-1-3-7-18/h1-14,16,29H,(H,32,33)(H2,30,31,34). The van der Waals surface area contributed by atoms with Crippen LogP contribution in [0.5, 0.6) is 0 Å². The number of benzene rings is 3. The van der Waals surface area contributed by atoms with Crippen molar-refractivity contribution in [1.29, 1.82) is 5.26 Å². The smallest absolute Gasteiger partial charge is 0.323 e. The van der Waals surface area contributed by atoms with E-state index in [4.69, 9.17) is 0 Å². The molecular formula is C27H19N5O2. The maximum atomic E-state index is 12.7. The lowest BCUT2D eigenvalue weighted by atomic mass is 9.98. The Balaban J connectivity index is 1.45. The van der Waals surface area contributed by atoms with Crippen molar-refractivity contribution in [3.63, 3.8) is 0 Å². The zero-order valence-electron chi connectivity index (χ0n) is 17.9. The maximum Gasteiger partial charge on any atom is 0.323 e. The molecule has 0 aliphatic rings. The monoisotopic (exact) mass is 445 g/mol. The third-order valence-corrected chi connectivity index (χ3v) is 5.51. The number of carbonyl (C=O) groups excluding carboxylic acids is 1. The van der Waals surface area contributed by atoms with Gasteiger partial charge in [0.25, 0.3) is 5.56 Å². The van der Waals surface area contributed by atoms with E-state index < -0.39 is 5.56 Å². The van der Waals surface area contributed by atoms with Gasteiger partial charge in [0.05, 0.1) is 0 Å². The van der Waals surface area contributed by atoms with Crippen molar-refractivity contribution in [2.45, 2.75) is 0 Å². The van der Waals surface area contributed by atoms with E-state index in [-0.39, 0.29) is 11.6 Å². The highest BCUT2D eigenvalue weighted by Gasteiger charge is 2.15. The molecule has 0 spiro atoms. The van der Waals surface area contributed by atoms with Gasteiger partial charge in [0.15, 0.2) is 0 Å². The number of aromatic nitrogens is 2. The van der Waals surface area contributed by atoms with Gasteiger partial charge in [-0.25, -0.2) is 4.79 Å². The van der Waals surface area contributed by atoms with Crippen LogP contribution in [0.1, 0.15) is 5.56 Å². The Labute approximate surface area is 194 Å². The van der Waals surface area contributed by atoms with Crippen molar-refractivity contribution in [1.82, 2.24) is 9.97 Å². The third-order valence-electron chi connectivity index (χ3n) is 5.51. The summed E-state index contributed by atoms with van der Waals surface area (Å²) >= 11 is 0. The molecule has 0 unspecified atom stereocenters. The number of carbonyl (C=O) groups is 1. The van der Waals surface area contributed by atoms with Crippen LogP contribution in [0, 0.1) is 11.3 Å². The van der Waals surface area contributed by atoms with Crippen LogP contribution in [-0.4, -0.2) is 16.0 Å². The zero-order valence-corrected chi connectivity index (χ0v) is 17.9. The van der Waals surface area contributed by atoms with Crippen LogP contribution < -0.4 is 16.2 Å². The summed E-state index contributed by atoms with van der Waals surface area (Å²) in [4.78, 5) is 31.0. The van der Waals surface area contributed by atoms with Crippen molar-refractivity contribution >= 4 is 28.3 Å². The first-order valence-corrected chi connectivity index (χ1v) is 10.6. The van der Waals surface area contributed by atoms with Crippen molar-refractivity contribution < 1.29 is 4.79 Å². The van der Waals surface area contributed by atoms with Crippen LogP contribution in [-0.2, 0) is 0 Å². The number of aromatic amines is 2. The summed E-state index contributed by atoms with van der Waals surface area (Å²) in [7, 11) is 0. The first-order chi connectivity index (χ1) is 16.6. The van der Waals surface area contributed by atoms with E-state index in [1.165, 1.54) is 0 Å². The fourth-order valence-electron chi connectivity index (χ4n) is 3.88. The average Bonchev–Trinajstić information content (AvgIpc) is 3.29. The van der Waals surface area contributed by atoms with Gasteiger partial charge < -0.3 is 20.6 Å². The van der Waals surface area contributed by atoms with Gasteiger partial charge >= 0.3 is 6.03 Å². The van der Waals surface area contributed by atoms with Crippen molar-refractivity contribution in [2.24, 2.45) is 0 Å². The minimum absolute atomic E-state index is 0.0596. The van der Waals surface area contributed by atoms with Gasteiger partial charge in [-0.3, -0.25) is 4.79 Å². The van der Waals surface area contributed by atoms with Crippen LogP contribution in [0.15, 0.2) is 95.9 Å². The minimum atomic E-state index is -0.454. The van der Waals surface area contributed by atoms with E-state index >= 15 is 0 Å². The second-order valence-corrected chi connectivity index (χ2v) is 7.68.